The highest BCUT2D eigenvalue weighted by Crippen LogP contribution is 2.31. The minimum atomic E-state index is -0.286. The van der Waals surface area contributed by atoms with Crippen molar-refractivity contribution in [2.75, 3.05) is 13.1 Å². The summed E-state index contributed by atoms with van der Waals surface area (Å²) in [5, 5.41) is 9.63. The predicted octanol–water partition coefficient (Wildman–Crippen LogP) is 2.76. The molecule has 0 bridgehead atoms. The Morgan fingerprint density at radius 1 is 1.44 bits per heavy atom. The summed E-state index contributed by atoms with van der Waals surface area (Å²) in [6, 6.07) is 4.12. The summed E-state index contributed by atoms with van der Waals surface area (Å²) in [6.07, 6.45) is 1.16. The third-order valence-corrected chi connectivity index (χ3v) is 3.19. The number of halogens is 1. The number of hydrogen-bond acceptors (Lipinski definition) is 2. The predicted molar refractivity (Wildman–Crippen MR) is 61.7 cm³/mol. The fraction of sp³-hybridized carbons (Fsp3) is 0.538. The molecule has 0 saturated carbocycles. The van der Waals surface area contributed by atoms with Gasteiger partial charge < -0.3 is 5.11 Å². The molecule has 1 aliphatic rings. The molecule has 1 aromatic rings. The lowest BCUT2D eigenvalue weighted by molar-refractivity contribution is 0.280. The van der Waals surface area contributed by atoms with Crippen molar-refractivity contribution in [1.82, 2.24) is 4.90 Å². The highest BCUT2D eigenvalue weighted by Gasteiger charge is 2.29. The molecular formula is C13H18FNO. The van der Waals surface area contributed by atoms with Crippen molar-refractivity contribution < 1.29 is 9.50 Å². The maximum atomic E-state index is 13.0. The number of phenols is 1. The van der Waals surface area contributed by atoms with Crippen molar-refractivity contribution in [2.24, 2.45) is 5.41 Å². The molecule has 1 aromatic carbocycles. The molecule has 0 aromatic heterocycles. The lowest BCUT2D eigenvalue weighted by atomic mass is 9.93. The Bertz CT molecular complexity index is 390. The van der Waals surface area contributed by atoms with E-state index in [1.165, 1.54) is 18.2 Å². The highest BCUT2D eigenvalue weighted by molar-refractivity contribution is 5.32. The molecule has 0 aliphatic carbocycles. The second-order valence-electron chi connectivity index (χ2n) is 5.40. The van der Waals surface area contributed by atoms with Gasteiger partial charge in [0.2, 0.25) is 0 Å². The molecule has 0 amide bonds. The molecular weight excluding hydrogens is 205 g/mol. The summed E-state index contributed by atoms with van der Waals surface area (Å²) in [6.45, 7) is 7.12. The summed E-state index contributed by atoms with van der Waals surface area (Å²) >= 11 is 0. The lowest BCUT2D eigenvalue weighted by Gasteiger charge is -2.20. The van der Waals surface area contributed by atoms with Gasteiger partial charge in [-0.2, -0.15) is 0 Å². The fourth-order valence-electron chi connectivity index (χ4n) is 2.28. The SMILES string of the molecule is CC1(C)CCN(Cc2cc(F)ccc2O)C1. The number of benzene rings is 1. The minimum absolute atomic E-state index is 0.186. The van der Waals surface area contributed by atoms with Crippen LogP contribution in [0.1, 0.15) is 25.8 Å². The van der Waals surface area contributed by atoms with Gasteiger partial charge in [-0.15, -0.1) is 0 Å². The largest absolute Gasteiger partial charge is 0.508 e. The number of likely N-dealkylation sites (tertiary alicyclic amines) is 1. The van der Waals surface area contributed by atoms with Gasteiger partial charge in [0.25, 0.3) is 0 Å². The van der Waals surface area contributed by atoms with Crippen molar-refractivity contribution in [1.29, 1.82) is 0 Å². The van der Waals surface area contributed by atoms with Gasteiger partial charge in [0.15, 0.2) is 0 Å². The minimum Gasteiger partial charge on any atom is -0.508 e. The van der Waals surface area contributed by atoms with Crippen LogP contribution in [0.2, 0.25) is 0 Å². The lowest BCUT2D eigenvalue weighted by Crippen LogP contribution is -2.22. The Labute approximate surface area is 95.7 Å². The first-order chi connectivity index (χ1) is 7.46. The van der Waals surface area contributed by atoms with E-state index >= 15 is 0 Å². The van der Waals surface area contributed by atoms with E-state index in [1.54, 1.807) is 0 Å². The van der Waals surface area contributed by atoms with Crippen molar-refractivity contribution in [3.8, 4) is 5.75 Å². The van der Waals surface area contributed by atoms with Gasteiger partial charge in [-0.05, 0) is 36.6 Å². The Hall–Kier alpha value is -1.09. The fourth-order valence-corrected chi connectivity index (χ4v) is 2.28. The number of rotatable bonds is 2. The molecule has 1 aliphatic heterocycles. The van der Waals surface area contributed by atoms with Crippen LogP contribution in [0, 0.1) is 11.2 Å². The smallest absolute Gasteiger partial charge is 0.123 e. The van der Waals surface area contributed by atoms with Gasteiger partial charge in [-0.25, -0.2) is 4.39 Å². The topological polar surface area (TPSA) is 23.5 Å². The van der Waals surface area contributed by atoms with Crippen LogP contribution in [0.15, 0.2) is 18.2 Å². The summed E-state index contributed by atoms with van der Waals surface area (Å²) < 4.78 is 13.0. The van der Waals surface area contributed by atoms with Gasteiger partial charge in [0.05, 0.1) is 0 Å². The average Bonchev–Trinajstić information content (AvgIpc) is 2.52. The Kier molecular flexibility index (Phi) is 2.89. The monoisotopic (exact) mass is 223 g/mol. The van der Waals surface area contributed by atoms with Crippen LogP contribution >= 0.6 is 0 Å². The molecule has 0 radical (unpaired) electrons. The number of aromatic hydroxyl groups is 1. The molecule has 1 heterocycles. The first-order valence-corrected chi connectivity index (χ1v) is 5.66. The third kappa shape index (κ3) is 2.53. The highest BCUT2D eigenvalue weighted by atomic mass is 19.1. The van der Waals surface area contributed by atoms with E-state index in [0.29, 0.717) is 17.5 Å². The number of hydrogen-bond donors (Lipinski definition) is 1. The zero-order valence-corrected chi connectivity index (χ0v) is 9.83. The quantitative estimate of drug-likeness (QED) is 0.833. The van der Waals surface area contributed by atoms with Gasteiger partial charge in [-0.1, -0.05) is 13.8 Å². The molecule has 1 saturated heterocycles. The van der Waals surface area contributed by atoms with E-state index in [9.17, 15) is 9.50 Å². The third-order valence-electron chi connectivity index (χ3n) is 3.19. The summed E-state index contributed by atoms with van der Waals surface area (Å²) in [7, 11) is 0. The van der Waals surface area contributed by atoms with Gasteiger partial charge >= 0.3 is 0 Å². The molecule has 0 unspecified atom stereocenters. The van der Waals surface area contributed by atoms with Crippen molar-refractivity contribution in [3.05, 3.63) is 29.6 Å². The molecule has 2 rings (SSSR count). The first kappa shape index (κ1) is 11.4. The van der Waals surface area contributed by atoms with E-state index in [2.05, 4.69) is 18.7 Å². The molecule has 88 valence electrons. The maximum Gasteiger partial charge on any atom is 0.123 e. The van der Waals surface area contributed by atoms with Crippen LogP contribution in [0.25, 0.3) is 0 Å². The van der Waals surface area contributed by atoms with E-state index in [0.717, 1.165) is 19.5 Å². The normalized spacial score (nSPS) is 20.2. The second kappa shape index (κ2) is 4.06. The van der Waals surface area contributed by atoms with Gasteiger partial charge in [0, 0.05) is 18.7 Å². The maximum absolute atomic E-state index is 13.0. The van der Waals surface area contributed by atoms with Gasteiger partial charge in [-0.3, -0.25) is 4.90 Å². The van der Waals surface area contributed by atoms with Crippen molar-refractivity contribution in [3.63, 3.8) is 0 Å². The van der Waals surface area contributed by atoms with Crippen LogP contribution in [0.5, 0.6) is 5.75 Å². The molecule has 16 heavy (non-hydrogen) atoms. The van der Waals surface area contributed by atoms with Crippen LogP contribution < -0.4 is 0 Å². The molecule has 1 fully saturated rings. The van der Waals surface area contributed by atoms with E-state index < -0.39 is 0 Å². The van der Waals surface area contributed by atoms with E-state index in [4.69, 9.17) is 0 Å². The van der Waals surface area contributed by atoms with E-state index in [-0.39, 0.29) is 11.6 Å². The van der Waals surface area contributed by atoms with Crippen LogP contribution in [0.3, 0.4) is 0 Å². The summed E-state index contributed by atoms with van der Waals surface area (Å²) in [5.41, 5.74) is 1.01. The van der Waals surface area contributed by atoms with Crippen molar-refractivity contribution >= 4 is 0 Å². The average molecular weight is 223 g/mol. The van der Waals surface area contributed by atoms with Crippen molar-refractivity contribution in [2.45, 2.75) is 26.8 Å². The first-order valence-electron chi connectivity index (χ1n) is 5.66. The molecule has 0 spiro atoms. The standard InChI is InChI=1S/C13H18FNO/c1-13(2)5-6-15(9-13)8-10-7-11(14)3-4-12(10)16/h3-4,7,16H,5-6,8-9H2,1-2H3. The summed E-state index contributed by atoms with van der Waals surface area (Å²) in [5.74, 6) is -0.0997. The number of nitrogens with zero attached hydrogens (tertiary/aromatic N) is 1. The zero-order chi connectivity index (χ0) is 11.8. The number of phenolic OH excluding ortho intramolecular Hbond substituents is 1. The van der Waals surface area contributed by atoms with Crippen LogP contribution in [0.4, 0.5) is 4.39 Å². The Balaban J connectivity index is 2.07. The Morgan fingerprint density at radius 3 is 2.81 bits per heavy atom. The van der Waals surface area contributed by atoms with E-state index in [1.807, 2.05) is 0 Å². The molecule has 1 N–H and O–H groups in total. The molecule has 2 nitrogen and oxygen atoms in total. The zero-order valence-electron chi connectivity index (χ0n) is 9.83. The van der Waals surface area contributed by atoms with Gasteiger partial charge in [0.1, 0.15) is 11.6 Å². The Morgan fingerprint density at radius 2 is 2.19 bits per heavy atom. The molecule has 3 heteroatoms. The summed E-state index contributed by atoms with van der Waals surface area (Å²) in [4.78, 5) is 2.26. The van der Waals surface area contributed by atoms with Crippen LogP contribution in [-0.2, 0) is 6.54 Å². The second-order valence-corrected chi connectivity index (χ2v) is 5.40. The molecule has 0 atom stereocenters. The van der Waals surface area contributed by atoms with Crippen LogP contribution in [-0.4, -0.2) is 23.1 Å².